The van der Waals surface area contributed by atoms with Gasteiger partial charge in [0.2, 0.25) is 5.88 Å². The van der Waals surface area contributed by atoms with Crippen LogP contribution in [0.2, 0.25) is 0 Å². The second-order valence-corrected chi connectivity index (χ2v) is 8.49. The van der Waals surface area contributed by atoms with Crippen LogP contribution in [0.3, 0.4) is 0 Å². The van der Waals surface area contributed by atoms with Gasteiger partial charge in [-0.1, -0.05) is 24.3 Å². The Morgan fingerprint density at radius 3 is 2.67 bits per heavy atom. The Labute approximate surface area is 203 Å². The van der Waals surface area contributed by atoms with E-state index < -0.39 is 30.3 Å². The largest absolute Gasteiger partial charge is 0.473 e. The second kappa shape index (κ2) is 9.02. The Hall–Kier alpha value is -4.35. The highest BCUT2D eigenvalue weighted by Crippen LogP contribution is 2.37. The van der Waals surface area contributed by atoms with Crippen molar-refractivity contribution < 1.29 is 22.7 Å². The summed E-state index contributed by atoms with van der Waals surface area (Å²) in [6.07, 6.45) is -0.708. The van der Waals surface area contributed by atoms with Crippen molar-refractivity contribution in [1.82, 2.24) is 24.9 Å². The smallest absolute Gasteiger partial charge is 0.263 e. The molecule has 3 aromatic heterocycles. The molecule has 0 spiro atoms. The average molecular weight is 497 g/mol. The molecule has 4 N–H and O–H groups in total. The van der Waals surface area contributed by atoms with Crippen molar-refractivity contribution in [2.45, 2.75) is 32.4 Å². The van der Waals surface area contributed by atoms with E-state index in [2.05, 4.69) is 25.7 Å². The van der Waals surface area contributed by atoms with Crippen molar-refractivity contribution in [1.29, 1.82) is 0 Å². The first-order valence-electron chi connectivity index (χ1n) is 11.2. The van der Waals surface area contributed by atoms with Gasteiger partial charge in [0.05, 0.1) is 30.5 Å². The molecule has 0 saturated carbocycles. The van der Waals surface area contributed by atoms with Crippen LogP contribution in [0, 0.1) is 5.82 Å². The van der Waals surface area contributed by atoms with E-state index in [4.69, 9.17) is 10.5 Å². The molecule has 0 saturated heterocycles. The third-order valence-corrected chi connectivity index (χ3v) is 5.91. The predicted molar refractivity (Wildman–Crippen MR) is 126 cm³/mol. The van der Waals surface area contributed by atoms with Crippen LogP contribution in [0.15, 0.2) is 42.7 Å². The number of alkyl halides is 2. The van der Waals surface area contributed by atoms with Crippen LogP contribution in [0.1, 0.15) is 47.8 Å². The van der Waals surface area contributed by atoms with E-state index in [1.165, 1.54) is 41.0 Å². The first kappa shape index (κ1) is 23.4. The third-order valence-electron chi connectivity index (χ3n) is 5.91. The number of nitrogens with zero attached hydrogens (tertiary/aromatic N) is 4. The Kier molecular flexibility index (Phi) is 5.86. The number of hydrogen-bond acceptors (Lipinski definition) is 7. The number of rotatable bonds is 2. The quantitative estimate of drug-likeness (QED) is 0.381. The van der Waals surface area contributed by atoms with Gasteiger partial charge in [0.25, 0.3) is 12.3 Å². The summed E-state index contributed by atoms with van der Waals surface area (Å²) in [7, 11) is 0. The minimum absolute atomic E-state index is 0.135. The van der Waals surface area contributed by atoms with E-state index in [1.54, 1.807) is 13.8 Å². The van der Waals surface area contributed by atoms with Gasteiger partial charge < -0.3 is 21.1 Å². The predicted octanol–water partition coefficient (Wildman–Crippen LogP) is 4.13. The number of halogens is 3. The van der Waals surface area contributed by atoms with Crippen molar-refractivity contribution in [3.63, 3.8) is 0 Å². The molecule has 9 nitrogen and oxygen atoms in total. The van der Waals surface area contributed by atoms with Gasteiger partial charge in [0, 0.05) is 11.1 Å². The molecule has 2 unspecified atom stereocenters. The lowest BCUT2D eigenvalue weighted by Gasteiger charge is -2.22. The molecule has 1 aliphatic heterocycles. The zero-order valence-corrected chi connectivity index (χ0v) is 19.3. The van der Waals surface area contributed by atoms with Gasteiger partial charge in [-0.25, -0.2) is 23.1 Å². The molecule has 4 heterocycles. The maximum absolute atomic E-state index is 14.2. The fraction of sp³-hybridized carbons (Fsp3) is 0.250. The van der Waals surface area contributed by atoms with E-state index in [0.29, 0.717) is 16.7 Å². The fourth-order valence-electron chi connectivity index (χ4n) is 4.06. The number of fused-ring (bicyclic) bond motifs is 2. The molecule has 1 aromatic carbocycles. The number of nitrogen functional groups attached to an aromatic ring is 1. The summed E-state index contributed by atoms with van der Waals surface area (Å²) in [6.45, 7) is 3.66. The zero-order valence-electron chi connectivity index (χ0n) is 19.3. The SMILES string of the molecule is CC1CNC(=O)c2cnn3c(N)c(-c4ccc(C(F)F)cc4)c(nc23)NC(C)c2cc(F)cnc2O1. The summed E-state index contributed by atoms with van der Waals surface area (Å²) >= 11 is 0. The number of anilines is 2. The molecular formula is C24H22F3N7O2. The monoisotopic (exact) mass is 497 g/mol. The number of hydrogen-bond donors (Lipinski definition) is 3. The van der Waals surface area contributed by atoms with Crippen LogP contribution in [0.5, 0.6) is 5.88 Å². The lowest BCUT2D eigenvalue weighted by Crippen LogP contribution is -2.34. The molecule has 2 atom stereocenters. The van der Waals surface area contributed by atoms with E-state index >= 15 is 0 Å². The van der Waals surface area contributed by atoms with E-state index in [1.807, 2.05) is 0 Å². The van der Waals surface area contributed by atoms with Crippen LogP contribution >= 0.6 is 0 Å². The minimum atomic E-state index is -2.63. The van der Waals surface area contributed by atoms with Gasteiger partial charge in [-0.3, -0.25) is 4.79 Å². The molecule has 0 fully saturated rings. The molecule has 2 bridgehead atoms. The molecule has 4 aromatic rings. The normalized spacial score (nSPS) is 18.0. The molecule has 12 heteroatoms. The molecular weight excluding hydrogens is 475 g/mol. The lowest BCUT2D eigenvalue weighted by molar-refractivity contribution is 0.0932. The number of nitrogens with two attached hydrogens (primary N) is 1. The average Bonchev–Trinajstić information content (AvgIpc) is 3.28. The van der Waals surface area contributed by atoms with Gasteiger partial charge in [-0.2, -0.15) is 9.61 Å². The number of ether oxygens (including phenoxy) is 1. The Morgan fingerprint density at radius 2 is 1.94 bits per heavy atom. The van der Waals surface area contributed by atoms with E-state index in [0.717, 1.165) is 6.20 Å². The summed E-state index contributed by atoms with van der Waals surface area (Å²) in [5.41, 5.74) is 8.00. The molecule has 1 aliphatic rings. The first-order chi connectivity index (χ1) is 17.2. The zero-order chi connectivity index (χ0) is 25.6. The molecule has 186 valence electrons. The lowest BCUT2D eigenvalue weighted by atomic mass is 10.0. The molecule has 1 amide bonds. The Bertz CT molecular complexity index is 1460. The van der Waals surface area contributed by atoms with Gasteiger partial charge >= 0.3 is 0 Å². The molecule has 36 heavy (non-hydrogen) atoms. The third kappa shape index (κ3) is 4.14. The summed E-state index contributed by atoms with van der Waals surface area (Å²) in [5.74, 6) is -0.422. The molecule has 0 radical (unpaired) electrons. The van der Waals surface area contributed by atoms with Crippen molar-refractivity contribution >= 4 is 23.2 Å². The van der Waals surface area contributed by atoms with Crippen LogP contribution in [-0.4, -0.2) is 38.1 Å². The Morgan fingerprint density at radius 1 is 1.19 bits per heavy atom. The molecule has 0 aliphatic carbocycles. The number of pyridine rings is 1. The standard InChI is InChI=1S/C24H22F3N7O2/c1-11-8-29-23(35)17-10-31-34-20(28)18(13-3-5-14(6-4-13)19(26)27)21(33-22(17)34)32-12(2)16-7-15(25)9-30-24(16)36-11/h3-7,9-12,19H,8,28H2,1-2H3,(H,29,35)(H,32,33). The number of benzene rings is 1. The summed E-state index contributed by atoms with van der Waals surface area (Å²) in [6, 6.07) is 6.33. The Balaban J connectivity index is 1.72. The van der Waals surface area contributed by atoms with Crippen LogP contribution < -0.4 is 21.1 Å². The maximum Gasteiger partial charge on any atom is 0.263 e. The van der Waals surface area contributed by atoms with Gasteiger partial charge in [-0.15, -0.1) is 0 Å². The van der Waals surface area contributed by atoms with E-state index in [-0.39, 0.29) is 40.8 Å². The topological polar surface area (TPSA) is 119 Å². The van der Waals surface area contributed by atoms with Crippen LogP contribution in [-0.2, 0) is 0 Å². The second-order valence-electron chi connectivity index (χ2n) is 8.49. The minimum Gasteiger partial charge on any atom is -0.473 e. The number of carbonyl (C=O) groups is 1. The van der Waals surface area contributed by atoms with Crippen molar-refractivity contribution in [2.24, 2.45) is 0 Å². The van der Waals surface area contributed by atoms with Crippen molar-refractivity contribution in [3.05, 3.63) is 65.2 Å². The van der Waals surface area contributed by atoms with Gasteiger partial charge in [-0.05, 0) is 25.5 Å². The number of aromatic nitrogens is 4. The number of amides is 1. The number of carbonyl (C=O) groups excluding carboxylic acids is 1. The first-order valence-corrected chi connectivity index (χ1v) is 11.2. The van der Waals surface area contributed by atoms with Crippen LogP contribution in [0.25, 0.3) is 16.8 Å². The van der Waals surface area contributed by atoms with Gasteiger partial charge in [0.1, 0.15) is 29.1 Å². The highest BCUT2D eigenvalue weighted by molar-refractivity contribution is 6.01. The summed E-state index contributed by atoms with van der Waals surface area (Å²) in [5, 5.41) is 10.2. The molecule has 5 rings (SSSR count). The highest BCUT2D eigenvalue weighted by atomic mass is 19.3. The van der Waals surface area contributed by atoms with Crippen molar-refractivity contribution in [2.75, 3.05) is 17.6 Å². The van der Waals surface area contributed by atoms with Gasteiger partial charge in [0.15, 0.2) is 5.65 Å². The summed E-state index contributed by atoms with van der Waals surface area (Å²) < 4.78 is 47.6. The number of nitrogens with one attached hydrogen (secondary N) is 2. The fourth-order valence-corrected chi connectivity index (χ4v) is 4.06. The van der Waals surface area contributed by atoms with Crippen molar-refractivity contribution in [3.8, 4) is 17.0 Å². The highest BCUT2D eigenvalue weighted by Gasteiger charge is 2.25. The summed E-state index contributed by atoms with van der Waals surface area (Å²) in [4.78, 5) is 21.6. The van der Waals surface area contributed by atoms with E-state index in [9.17, 15) is 18.0 Å². The maximum atomic E-state index is 14.2. The van der Waals surface area contributed by atoms with Crippen LogP contribution in [0.4, 0.5) is 24.8 Å².